The molecule has 0 radical (unpaired) electrons. The van der Waals surface area contributed by atoms with Gasteiger partial charge in [-0.2, -0.15) is 4.99 Å². The third-order valence-electron chi connectivity index (χ3n) is 3.83. The zero-order chi connectivity index (χ0) is 16.7. The van der Waals surface area contributed by atoms with E-state index in [0.717, 1.165) is 23.3 Å². The van der Waals surface area contributed by atoms with Gasteiger partial charge in [0.05, 0.1) is 5.52 Å². The standard InChI is InChI=1S/C17H12Cl2N4O/c18-11-7-10(8-12(19)9-11)16(24)22-17-21-14-4-2-1-3-13(14)15-20-5-6-23(15)17/h1-4,7-9,20H,5-6H2. The number of hydrogen-bond acceptors (Lipinski definition) is 3. The Labute approximate surface area is 147 Å². The summed E-state index contributed by atoms with van der Waals surface area (Å²) in [6, 6.07) is 12.4. The molecular weight excluding hydrogens is 347 g/mol. The fourth-order valence-corrected chi connectivity index (χ4v) is 3.32. The van der Waals surface area contributed by atoms with Crippen LogP contribution in [-0.4, -0.2) is 22.0 Å². The van der Waals surface area contributed by atoms with Crippen molar-refractivity contribution in [3.63, 3.8) is 0 Å². The molecule has 1 aliphatic rings. The minimum absolute atomic E-state index is 0.336. The number of nitrogens with one attached hydrogen (secondary N) is 1. The molecule has 2 aromatic carbocycles. The third kappa shape index (κ3) is 2.66. The van der Waals surface area contributed by atoms with Gasteiger partial charge < -0.3 is 5.32 Å². The van der Waals surface area contributed by atoms with E-state index in [0.29, 0.717) is 27.8 Å². The van der Waals surface area contributed by atoms with Crippen molar-refractivity contribution < 1.29 is 4.79 Å². The SMILES string of the molecule is O=C(N=c1nc2ccccc2c2n1CCN2)c1cc(Cl)cc(Cl)c1. The monoisotopic (exact) mass is 358 g/mol. The van der Waals surface area contributed by atoms with Crippen LogP contribution in [0.1, 0.15) is 10.4 Å². The first-order chi connectivity index (χ1) is 11.6. The van der Waals surface area contributed by atoms with Crippen LogP contribution in [0.4, 0.5) is 5.82 Å². The number of carbonyl (C=O) groups is 1. The van der Waals surface area contributed by atoms with E-state index in [1.165, 1.54) is 0 Å². The second-order valence-corrected chi connectivity index (χ2v) is 6.30. The predicted octanol–water partition coefficient (Wildman–Crippen LogP) is 3.51. The summed E-state index contributed by atoms with van der Waals surface area (Å²) in [5, 5.41) is 5.12. The normalized spacial score (nSPS) is 13.8. The Balaban J connectivity index is 1.90. The summed E-state index contributed by atoms with van der Waals surface area (Å²) in [7, 11) is 0. The van der Waals surface area contributed by atoms with Crippen LogP contribution in [0.2, 0.25) is 10.0 Å². The van der Waals surface area contributed by atoms with Gasteiger partial charge in [0.1, 0.15) is 5.82 Å². The van der Waals surface area contributed by atoms with Crippen LogP contribution in [-0.2, 0) is 6.54 Å². The zero-order valence-electron chi connectivity index (χ0n) is 12.5. The molecule has 1 amide bonds. The summed E-state index contributed by atoms with van der Waals surface area (Å²) < 4.78 is 1.91. The summed E-state index contributed by atoms with van der Waals surface area (Å²) >= 11 is 11.9. The van der Waals surface area contributed by atoms with E-state index in [9.17, 15) is 4.79 Å². The molecule has 0 saturated carbocycles. The van der Waals surface area contributed by atoms with Crippen LogP contribution in [0.3, 0.4) is 0 Å². The van der Waals surface area contributed by atoms with Gasteiger partial charge in [-0.3, -0.25) is 9.36 Å². The molecule has 1 aromatic heterocycles. The van der Waals surface area contributed by atoms with E-state index in [2.05, 4.69) is 15.3 Å². The first kappa shape index (κ1) is 15.2. The van der Waals surface area contributed by atoms with Crippen LogP contribution in [0.15, 0.2) is 47.5 Å². The van der Waals surface area contributed by atoms with E-state index in [-0.39, 0.29) is 0 Å². The maximum Gasteiger partial charge on any atom is 0.280 e. The van der Waals surface area contributed by atoms with E-state index >= 15 is 0 Å². The van der Waals surface area contributed by atoms with Crippen molar-refractivity contribution in [1.29, 1.82) is 0 Å². The molecule has 4 rings (SSSR count). The summed E-state index contributed by atoms with van der Waals surface area (Å²) in [6.07, 6.45) is 0. The average Bonchev–Trinajstić information content (AvgIpc) is 3.04. The summed E-state index contributed by atoms with van der Waals surface area (Å²) in [6.45, 7) is 1.48. The lowest BCUT2D eigenvalue weighted by atomic mass is 10.2. The molecule has 2 heterocycles. The van der Waals surface area contributed by atoms with Crippen LogP contribution in [0.5, 0.6) is 0 Å². The van der Waals surface area contributed by atoms with E-state index in [4.69, 9.17) is 23.2 Å². The van der Waals surface area contributed by atoms with Crippen LogP contribution >= 0.6 is 23.2 Å². The minimum Gasteiger partial charge on any atom is -0.369 e. The zero-order valence-corrected chi connectivity index (χ0v) is 14.0. The summed E-state index contributed by atoms with van der Waals surface area (Å²) in [5.74, 6) is 0.500. The number of nitrogens with zero attached hydrogens (tertiary/aromatic N) is 3. The van der Waals surface area contributed by atoms with Crippen LogP contribution in [0, 0.1) is 0 Å². The van der Waals surface area contributed by atoms with Gasteiger partial charge in [-0.05, 0) is 30.3 Å². The Bertz CT molecular complexity index is 1020. The molecule has 0 unspecified atom stereocenters. The molecular formula is C17H12Cl2N4O. The molecule has 1 aliphatic heterocycles. The highest BCUT2D eigenvalue weighted by atomic mass is 35.5. The average molecular weight is 359 g/mol. The summed E-state index contributed by atoms with van der Waals surface area (Å²) in [5.41, 5.74) is 1.49. The second-order valence-electron chi connectivity index (χ2n) is 5.43. The van der Waals surface area contributed by atoms with Crippen molar-refractivity contribution in [3.05, 3.63) is 63.7 Å². The Morgan fingerprint density at radius 2 is 1.92 bits per heavy atom. The highest BCUT2D eigenvalue weighted by molar-refractivity contribution is 6.35. The van der Waals surface area contributed by atoms with Crippen LogP contribution < -0.4 is 10.9 Å². The van der Waals surface area contributed by atoms with Gasteiger partial charge >= 0.3 is 0 Å². The number of hydrogen-bond donors (Lipinski definition) is 1. The fourth-order valence-electron chi connectivity index (χ4n) is 2.79. The summed E-state index contributed by atoms with van der Waals surface area (Å²) in [4.78, 5) is 21.2. The number of halogens is 2. The molecule has 0 fully saturated rings. The fraction of sp³-hybridized carbons (Fsp3) is 0.118. The molecule has 24 heavy (non-hydrogen) atoms. The smallest absolute Gasteiger partial charge is 0.280 e. The minimum atomic E-state index is -0.427. The molecule has 0 aliphatic carbocycles. The Hall–Kier alpha value is -2.37. The maximum absolute atomic E-state index is 12.5. The van der Waals surface area contributed by atoms with Gasteiger partial charge in [-0.25, -0.2) is 4.98 Å². The van der Waals surface area contributed by atoms with E-state index in [1.807, 2.05) is 28.8 Å². The van der Waals surface area contributed by atoms with Crippen molar-refractivity contribution in [2.75, 3.05) is 11.9 Å². The molecule has 7 heteroatoms. The van der Waals surface area contributed by atoms with Gasteiger partial charge in [0.15, 0.2) is 0 Å². The van der Waals surface area contributed by atoms with Gasteiger partial charge in [0.25, 0.3) is 5.91 Å². The van der Waals surface area contributed by atoms with Crippen molar-refractivity contribution in [1.82, 2.24) is 9.55 Å². The quantitative estimate of drug-likeness (QED) is 0.723. The predicted molar refractivity (Wildman–Crippen MR) is 94.6 cm³/mol. The Morgan fingerprint density at radius 1 is 1.17 bits per heavy atom. The number of fused-ring (bicyclic) bond motifs is 3. The second kappa shape index (κ2) is 5.92. The van der Waals surface area contributed by atoms with E-state index < -0.39 is 5.91 Å². The highest BCUT2D eigenvalue weighted by Crippen LogP contribution is 2.23. The largest absolute Gasteiger partial charge is 0.369 e. The number of aromatic nitrogens is 2. The molecule has 0 saturated heterocycles. The number of para-hydroxylation sites is 1. The third-order valence-corrected chi connectivity index (χ3v) is 4.27. The Kier molecular flexibility index (Phi) is 3.75. The molecule has 120 valence electrons. The molecule has 0 atom stereocenters. The number of amides is 1. The van der Waals surface area contributed by atoms with Crippen LogP contribution in [0.25, 0.3) is 10.9 Å². The number of rotatable bonds is 1. The lowest BCUT2D eigenvalue weighted by molar-refractivity contribution is 0.0996. The highest BCUT2D eigenvalue weighted by Gasteiger charge is 2.16. The first-order valence-corrected chi connectivity index (χ1v) is 8.16. The molecule has 5 nitrogen and oxygen atoms in total. The van der Waals surface area contributed by atoms with Crippen molar-refractivity contribution in [3.8, 4) is 0 Å². The van der Waals surface area contributed by atoms with Crippen molar-refractivity contribution in [2.45, 2.75) is 6.54 Å². The molecule has 1 N–H and O–H groups in total. The molecule has 0 bridgehead atoms. The molecule has 3 aromatic rings. The van der Waals surface area contributed by atoms with Crippen molar-refractivity contribution in [2.24, 2.45) is 4.99 Å². The van der Waals surface area contributed by atoms with Crippen molar-refractivity contribution >= 4 is 45.8 Å². The number of benzene rings is 2. The lowest BCUT2D eigenvalue weighted by Crippen LogP contribution is -2.24. The number of carbonyl (C=O) groups excluding carboxylic acids is 1. The van der Waals surface area contributed by atoms with Gasteiger partial charge in [0.2, 0.25) is 5.62 Å². The van der Waals surface area contributed by atoms with E-state index in [1.54, 1.807) is 18.2 Å². The van der Waals surface area contributed by atoms with Gasteiger partial charge in [-0.15, -0.1) is 0 Å². The molecule has 0 spiro atoms. The first-order valence-electron chi connectivity index (χ1n) is 7.40. The van der Waals surface area contributed by atoms with Gasteiger partial charge in [-0.1, -0.05) is 35.3 Å². The lowest BCUT2D eigenvalue weighted by Gasteiger charge is -2.07. The number of anilines is 1. The van der Waals surface area contributed by atoms with Gasteiger partial charge in [0, 0.05) is 34.1 Å². The Morgan fingerprint density at radius 3 is 2.71 bits per heavy atom. The maximum atomic E-state index is 12.5. The topological polar surface area (TPSA) is 59.3 Å².